The van der Waals surface area contributed by atoms with Crippen molar-refractivity contribution in [1.29, 1.82) is 0 Å². The lowest BCUT2D eigenvalue weighted by Crippen LogP contribution is -2.37. The predicted molar refractivity (Wildman–Crippen MR) is 93.7 cm³/mol. The first-order valence-electron chi connectivity index (χ1n) is 7.57. The van der Waals surface area contributed by atoms with E-state index in [0.717, 1.165) is 0 Å². The number of benzene rings is 1. The first kappa shape index (κ1) is 16.0. The van der Waals surface area contributed by atoms with Gasteiger partial charge in [-0.2, -0.15) is 0 Å². The van der Waals surface area contributed by atoms with Gasteiger partial charge < -0.3 is 0 Å². The molecule has 0 N–H and O–H groups in total. The quantitative estimate of drug-likeness (QED) is 0.720. The third-order valence-corrected chi connectivity index (χ3v) is 8.32. The van der Waals surface area contributed by atoms with Gasteiger partial charge in [-0.25, -0.2) is 8.42 Å². The van der Waals surface area contributed by atoms with Crippen LogP contribution in [0.5, 0.6) is 0 Å². The van der Waals surface area contributed by atoms with Crippen molar-refractivity contribution in [3.05, 3.63) is 30.3 Å². The minimum Gasteiger partial charge on any atom is -0.223 e. The summed E-state index contributed by atoms with van der Waals surface area (Å²) in [6, 6.07) is 9.48. The SMILES string of the molecule is [2H]C(C[Si](C)(C)C)(C[Si](C)(C)C)S(=O)(=O)c1ccccc1. The molecule has 114 valence electrons. The Morgan fingerprint density at radius 3 is 1.70 bits per heavy atom. The first-order valence-corrected chi connectivity index (χ1v) is 16.0. The Hall–Kier alpha value is -0.396. The molecule has 2 nitrogen and oxygen atoms in total. The average Bonchev–Trinajstić information content (AvgIpc) is 2.24. The maximum Gasteiger partial charge on any atom is 0.180 e. The number of hydrogen-bond donors (Lipinski definition) is 0. The Morgan fingerprint density at radius 1 is 0.950 bits per heavy atom. The van der Waals surface area contributed by atoms with Gasteiger partial charge in [0, 0.05) is 17.5 Å². The second-order valence-electron chi connectivity index (χ2n) is 7.83. The Labute approximate surface area is 128 Å². The monoisotopic (exact) mass is 329 g/mol. The van der Waals surface area contributed by atoms with E-state index in [1.165, 1.54) is 0 Å². The van der Waals surface area contributed by atoms with Crippen LogP contribution in [0, 0.1) is 0 Å². The number of rotatable bonds is 6. The van der Waals surface area contributed by atoms with E-state index in [1.807, 2.05) is 6.07 Å². The lowest BCUT2D eigenvalue weighted by Gasteiger charge is -2.29. The van der Waals surface area contributed by atoms with E-state index >= 15 is 0 Å². The summed E-state index contributed by atoms with van der Waals surface area (Å²) in [7, 11) is -6.99. The van der Waals surface area contributed by atoms with E-state index in [9.17, 15) is 8.42 Å². The zero-order valence-corrected chi connectivity index (χ0v) is 16.3. The Morgan fingerprint density at radius 2 is 1.35 bits per heavy atom. The van der Waals surface area contributed by atoms with Crippen LogP contribution in [0.3, 0.4) is 0 Å². The van der Waals surface area contributed by atoms with Gasteiger partial charge in [0.05, 0.1) is 10.1 Å². The highest BCUT2D eigenvalue weighted by molar-refractivity contribution is 7.92. The summed E-state index contributed by atoms with van der Waals surface area (Å²) in [6.07, 6.45) is 0. The highest BCUT2D eigenvalue weighted by Gasteiger charge is 2.35. The molecule has 1 aromatic rings. The van der Waals surface area contributed by atoms with Crippen molar-refractivity contribution in [1.82, 2.24) is 0 Å². The van der Waals surface area contributed by atoms with Gasteiger partial charge in [0.1, 0.15) is 0 Å². The summed E-state index contributed by atoms with van der Waals surface area (Å²) in [6.45, 7) is 12.8. The van der Waals surface area contributed by atoms with Gasteiger partial charge in [0.25, 0.3) is 0 Å². The summed E-state index contributed by atoms with van der Waals surface area (Å²) in [5.74, 6) is 0. The van der Waals surface area contributed by atoms with E-state index in [2.05, 4.69) is 39.3 Å². The Bertz CT molecular complexity index is 556. The van der Waals surface area contributed by atoms with Gasteiger partial charge in [-0.05, 0) is 24.2 Å². The fourth-order valence-corrected chi connectivity index (χ4v) is 10.0. The van der Waals surface area contributed by atoms with Gasteiger partial charge in [-0.3, -0.25) is 0 Å². The highest BCUT2D eigenvalue weighted by Crippen LogP contribution is 2.30. The molecule has 0 heterocycles. The van der Waals surface area contributed by atoms with Crippen molar-refractivity contribution in [2.24, 2.45) is 0 Å². The Balaban J connectivity index is 3.37. The molecule has 0 saturated carbocycles. The maximum absolute atomic E-state index is 13.1. The van der Waals surface area contributed by atoms with E-state index in [0.29, 0.717) is 12.1 Å². The minimum atomic E-state index is -3.63. The van der Waals surface area contributed by atoms with Gasteiger partial charge in [-0.1, -0.05) is 57.5 Å². The van der Waals surface area contributed by atoms with Crippen LogP contribution in [0.4, 0.5) is 0 Å². The zero-order valence-electron chi connectivity index (χ0n) is 14.5. The first-order chi connectivity index (χ1) is 9.27. The lowest BCUT2D eigenvalue weighted by atomic mass is 10.4. The van der Waals surface area contributed by atoms with E-state index in [1.54, 1.807) is 24.3 Å². The van der Waals surface area contributed by atoms with Crippen LogP contribution in [0.15, 0.2) is 35.2 Å². The van der Waals surface area contributed by atoms with Crippen molar-refractivity contribution in [3.8, 4) is 0 Å². The molecule has 0 aliphatic carbocycles. The minimum absolute atomic E-state index is 0.288. The fourth-order valence-electron chi connectivity index (χ4n) is 2.20. The molecular formula is C15H28O2SSi2. The van der Waals surface area contributed by atoms with E-state index in [4.69, 9.17) is 1.37 Å². The number of hydrogen-bond acceptors (Lipinski definition) is 2. The molecular weight excluding hydrogens is 300 g/mol. The van der Waals surface area contributed by atoms with Gasteiger partial charge in [-0.15, -0.1) is 0 Å². The second-order valence-corrected chi connectivity index (χ2v) is 20.8. The Kier molecular flexibility index (Phi) is 4.92. The van der Waals surface area contributed by atoms with Crippen LogP contribution in [0.2, 0.25) is 51.4 Å². The van der Waals surface area contributed by atoms with Crippen molar-refractivity contribution in [2.45, 2.75) is 61.5 Å². The molecule has 1 aromatic carbocycles. The molecule has 5 heteroatoms. The van der Waals surface area contributed by atoms with Gasteiger partial charge >= 0.3 is 0 Å². The van der Waals surface area contributed by atoms with Crippen LogP contribution in [0.25, 0.3) is 0 Å². The van der Waals surface area contributed by atoms with Gasteiger partial charge in [0.2, 0.25) is 0 Å². The summed E-state index contributed by atoms with van der Waals surface area (Å²) in [4.78, 5) is 0.288. The molecule has 1 rings (SSSR count). The zero-order chi connectivity index (χ0) is 16.5. The van der Waals surface area contributed by atoms with E-state index in [-0.39, 0.29) is 4.90 Å². The topological polar surface area (TPSA) is 34.1 Å². The third kappa shape index (κ3) is 5.54. The molecule has 0 atom stereocenters. The molecule has 0 bridgehead atoms. The lowest BCUT2D eigenvalue weighted by molar-refractivity contribution is 0.586. The van der Waals surface area contributed by atoms with Crippen LogP contribution in [-0.4, -0.2) is 29.8 Å². The second kappa shape index (κ2) is 6.16. The molecule has 0 aliphatic heterocycles. The van der Waals surface area contributed by atoms with Crippen LogP contribution < -0.4 is 0 Å². The number of sulfone groups is 1. The average molecular weight is 330 g/mol. The van der Waals surface area contributed by atoms with Gasteiger partial charge in [0.15, 0.2) is 9.84 Å². The highest BCUT2D eigenvalue weighted by atomic mass is 32.2. The van der Waals surface area contributed by atoms with Crippen LogP contribution in [-0.2, 0) is 9.84 Å². The standard InChI is InChI=1S/C15H28O2SSi2/c1-19(2,3)12-15(13-20(4,5)6)18(16,17)14-10-8-7-9-11-14/h7-11,15H,12-13H2,1-6H3/i15D. The molecule has 0 aliphatic rings. The third-order valence-electron chi connectivity index (χ3n) is 2.89. The fraction of sp³-hybridized carbons (Fsp3) is 0.600. The summed E-state index contributed by atoms with van der Waals surface area (Å²) in [5, 5.41) is -1.39. The van der Waals surface area contributed by atoms with Crippen molar-refractivity contribution in [2.75, 3.05) is 0 Å². The molecule has 0 saturated heterocycles. The molecule has 20 heavy (non-hydrogen) atoms. The predicted octanol–water partition coefficient (Wildman–Crippen LogP) is 4.51. The summed E-state index contributed by atoms with van der Waals surface area (Å²) >= 11 is 0. The van der Waals surface area contributed by atoms with Crippen molar-refractivity contribution in [3.63, 3.8) is 0 Å². The van der Waals surface area contributed by atoms with E-state index < -0.39 is 31.2 Å². The maximum atomic E-state index is 13.1. The van der Waals surface area contributed by atoms with Crippen molar-refractivity contribution >= 4 is 26.0 Å². The van der Waals surface area contributed by atoms with Crippen molar-refractivity contribution < 1.29 is 9.79 Å². The molecule has 0 radical (unpaired) electrons. The summed E-state index contributed by atoms with van der Waals surface area (Å²) < 4.78 is 35.0. The van der Waals surface area contributed by atoms with Crippen LogP contribution >= 0.6 is 0 Å². The molecule has 0 fully saturated rings. The van der Waals surface area contributed by atoms with Crippen LogP contribution in [0.1, 0.15) is 1.37 Å². The molecule has 0 amide bonds. The smallest absolute Gasteiger partial charge is 0.180 e. The molecule has 0 spiro atoms. The molecule has 0 unspecified atom stereocenters. The normalized spacial score (nSPS) is 15.0. The molecule has 0 aromatic heterocycles. The summed E-state index contributed by atoms with van der Waals surface area (Å²) in [5.41, 5.74) is 0. The largest absolute Gasteiger partial charge is 0.223 e.